The molecule has 0 aromatic heterocycles. The molecule has 0 atom stereocenters. The fourth-order valence-corrected chi connectivity index (χ4v) is 2.36. The van der Waals surface area contributed by atoms with Gasteiger partial charge in [-0.3, -0.25) is 0 Å². The fraction of sp³-hybridized carbons (Fsp3) is 0.368. The lowest BCUT2D eigenvalue weighted by Gasteiger charge is -2.23. The zero-order valence-electron chi connectivity index (χ0n) is 14.2. The third-order valence-corrected chi connectivity index (χ3v) is 4.66. The average Bonchev–Trinajstić information content (AvgIpc) is 2.48. The molecular weight excluding hydrogens is 420 g/mol. The van der Waals surface area contributed by atoms with Gasteiger partial charge in [0.15, 0.2) is 0 Å². The SMILES string of the molecule is CC(C)(O)c1ccc(Br)cc1.COC(C)(C)c1ccc(Br)cc1. The van der Waals surface area contributed by atoms with Gasteiger partial charge in [-0.05, 0) is 63.1 Å². The van der Waals surface area contributed by atoms with E-state index in [1.807, 2.05) is 36.4 Å². The molecule has 2 aromatic carbocycles. The van der Waals surface area contributed by atoms with Crippen LogP contribution < -0.4 is 0 Å². The molecule has 0 heterocycles. The minimum absolute atomic E-state index is 0.194. The van der Waals surface area contributed by atoms with Gasteiger partial charge in [-0.25, -0.2) is 0 Å². The average molecular weight is 444 g/mol. The van der Waals surface area contributed by atoms with Crippen molar-refractivity contribution < 1.29 is 9.84 Å². The third kappa shape index (κ3) is 6.76. The summed E-state index contributed by atoms with van der Waals surface area (Å²) in [6.07, 6.45) is 0. The summed E-state index contributed by atoms with van der Waals surface area (Å²) in [5, 5.41) is 9.56. The maximum absolute atomic E-state index is 9.56. The topological polar surface area (TPSA) is 29.5 Å². The molecule has 0 aliphatic carbocycles. The van der Waals surface area contributed by atoms with Crippen LogP contribution in [0.5, 0.6) is 0 Å². The Kier molecular flexibility index (Phi) is 7.46. The second-order valence-electron chi connectivity index (χ2n) is 6.29. The first-order chi connectivity index (χ1) is 10.6. The van der Waals surface area contributed by atoms with Gasteiger partial charge in [-0.15, -0.1) is 0 Å². The highest BCUT2D eigenvalue weighted by Crippen LogP contribution is 2.24. The van der Waals surface area contributed by atoms with Crippen molar-refractivity contribution in [1.29, 1.82) is 0 Å². The minimum atomic E-state index is -0.735. The lowest BCUT2D eigenvalue weighted by molar-refractivity contribution is 0.0192. The normalized spacial score (nSPS) is 11.7. The van der Waals surface area contributed by atoms with E-state index in [9.17, 15) is 5.11 Å². The number of methoxy groups -OCH3 is 1. The van der Waals surface area contributed by atoms with Crippen molar-refractivity contribution >= 4 is 31.9 Å². The predicted molar refractivity (Wildman–Crippen MR) is 104 cm³/mol. The van der Waals surface area contributed by atoms with E-state index >= 15 is 0 Å². The van der Waals surface area contributed by atoms with Crippen LogP contribution in [0.3, 0.4) is 0 Å². The van der Waals surface area contributed by atoms with Crippen LogP contribution >= 0.6 is 31.9 Å². The van der Waals surface area contributed by atoms with Gasteiger partial charge >= 0.3 is 0 Å². The first-order valence-electron chi connectivity index (χ1n) is 7.36. The number of benzene rings is 2. The standard InChI is InChI=1S/C10H13BrO.C9H11BrO/c1-10(2,12-3)8-4-6-9(11)7-5-8;1-9(2,11)7-3-5-8(10)6-4-7/h4-7H,1-3H3;3-6,11H,1-2H3. The van der Waals surface area contributed by atoms with Gasteiger partial charge in [0.1, 0.15) is 0 Å². The molecule has 1 N–H and O–H groups in total. The highest BCUT2D eigenvalue weighted by molar-refractivity contribution is 9.10. The molecule has 0 amide bonds. The lowest BCUT2D eigenvalue weighted by atomic mass is 9.98. The van der Waals surface area contributed by atoms with Crippen LogP contribution in [0.25, 0.3) is 0 Å². The monoisotopic (exact) mass is 442 g/mol. The number of hydrogen-bond acceptors (Lipinski definition) is 2. The molecule has 23 heavy (non-hydrogen) atoms. The summed E-state index contributed by atoms with van der Waals surface area (Å²) in [7, 11) is 1.72. The van der Waals surface area contributed by atoms with E-state index in [1.165, 1.54) is 5.56 Å². The summed E-state index contributed by atoms with van der Waals surface area (Å²) in [6.45, 7) is 7.65. The summed E-state index contributed by atoms with van der Waals surface area (Å²) in [6, 6.07) is 15.8. The van der Waals surface area contributed by atoms with Crippen molar-refractivity contribution in [3.05, 3.63) is 68.6 Å². The highest BCUT2D eigenvalue weighted by Gasteiger charge is 2.18. The Bertz CT molecular complexity index is 597. The van der Waals surface area contributed by atoms with Crippen LogP contribution in [-0.2, 0) is 15.9 Å². The Morgan fingerprint density at radius 1 is 0.739 bits per heavy atom. The summed E-state index contributed by atoms with van der Waals surface area (Å²) in [5.74, 6) is 0. The Balaban J connectivity index is 0.000000231. The number of halogens is 2. The van der Waals surface area contributed by atoms with Crippen molar-refractivity contribution in [1.82, 2.24) is 0 Å². The molecule has 0 unspecified atom stereocenters. The van der Waals surface area contributed by atoms with Crippen LogP contribution in [0.1, 0.15) is 38.8 Å². The smallest absolute Gasteiger partial charge is 0.0871 e. The van der Waals surface area contributed by atoms with Crippen molar-refractivity contribution in [2.24, 2.45) is 0 Å². The van der Waals surface area contributed by atoms with Gasteiger partial charge in [0, 0.05) is 16.1 Å². The van der Waals surface area contributed by atoms with E-state index in [-0.39, 0.29) is 5.60 Å². The third-order valence-electron chi connectivity index (χ3n) is 3.60. The zero-order chi connectivity index (χ0) is 17.7. The molecule has 0 saturated carbocycles. The molecule has 0 radical (unpaired) electrons. The first-order valence-corrected chi connectivity index (χ1v) is 8.94. The second-order valence-corrected chi connectivity index (χ2v) is 8.12. The fourth-order valence-electron chi connectivity index (χ4n) is 1.83. The molecule has 0 bridgehead atoms. The van der Waals surface area contributed by atoms with Crippen molar-refractivity contribution in [2.45, 2.75) is 38.9 Å². The molecule has 0 fully saturated rings. The van der Waals surface area contributed by atoms with Gasteiger partial charge < -0.3 is 9.84 Å². The van der Waals surface area contributed by atoms with Gasteiger partial charge in [-0.1, -0.05) is 56.1 Å². The van der Waals surface area contributed by atoms with E-state index in [0.717, 1.165) is 14.5 Å². The molecule has 0 aliphatic heterocycles. The number of rotatable bonds is 3. The maximum atomic E-state index is 9.56. The molecule has 0 aliphatic rings. The Labute approximate surface area is 156 Å². The minimum Gasteiger partial charge on any atom is -0.386 e. The van der Waals surface area contributed by atoms with Crippen molar-refractivity contribution in [3.63, 3.8) is 0 Å². The molecule has 126 valence electrons. The van der Waals surface area contributed by atoms with Gasteiger partial charge in [0.25, 0.3) is 0 Å². The molecule has 0 saturated heterocycles. The van der Waals surface area contributed by atoms with E-state index in [1.54, 1.807) is 21.0 Å². The maximum Gasteiger partial charge on any atom is 0.0871 e. The van der Waals surface area contributed by atoms with E-state index < -0.39 is 5.60 Å². The predicted octanol–water partition coefficient (Wildman–Crippen LogP) is 6.01. The van der Waals surface area contributed by atoms with Crippen LogP contribution in [0, 0.1) is 0 Å². The zero-order valence-corrected chi connectivity index (χ0v) is 17.4. The van der Waals surface area contributed by atoms with Crippen LogP contribution in [-0.4, -0.2) is 12.2 Å². The molecule has 2 nitrogen and oxygen atoms in total. The van der Waals surface area contributed by atoms with Crippen LogP contribution in [0.15, 0.2) is 57.5 Å². The molecular formula is C19H24Br2O2. The van der Waals surface area contributed by atoms with E-state index in [2.05, 4.69) is 57.8 Å². The second kappa shape index (κ2) is 8.43. The molecule has 2 rings (SSSR count). The molecule has 4 heteroatoms. The summed E-state index contributed by atoms with van der Waals surface area (Å²) >= 11 is 6.72. The molecule has 2 aromatic rings. The summed E-state index contributed by atoms with van der Waals surface area (Å²) in [4.78, 5) is 0. The number of hydrogen-bond donors (Lipinski definition) is 1. The first kappa shape index (κ1) is 20.4. The number of aliphatic hydroxyl groups is 1. The summed E-state index contributed by atoms with van der Waals surface area (Å²) < 4.78 is 7.48. The van der Waals surface area contributed by atoms with E-state index in [0.29, 0.717) is 0 Å². The van der Waals surface area contributed by atoms with Gasteiger partial charge in [-0.2, -0.15) is 0 Å². The number of ether oxygens (including phenoxy) is 1. The van der Waals surface area contributed by atoms with Crippen molar-refractivity contribution in [3.8, 4) is 0 Å². The van der Waals surface area contributed by atoms with Crippen LogP contribution in [0.2, 0.25) is 0 Å². The Hall–Kier alpha value is -0.680. The lowest BCUT2D eigenvalue weighted by Crippen LogP contribution is -2.18. The Morgan fingerprint density at radius 3 is 1.39 bits per heavy atom. The highest BCUT2D eigenvalue weighted by atomic mass is 79.9. The quantitative estimate of drug-likeness (QED) is 0.629. The van der Waals surface area contributed by atoms with Crippen LogP contribution in [0.4, 0.5) is 0 Å². The Morgan fingerprint density at radius 2 is 1.09 bits per heavy atom. The molecule has 0 spiro atoms. The van der Waals surface area contributed by atoms with Gasteiger partial charge in [0.2, 0.25) is 0 Å². The summed E-state index contributed by atoms with van der Waals surface area (Å²) in [5.41, 5.74) is 1.19. The van der Waals surface area contributed by atoms with E-state index in [4.69, 9.17) is 4.74 Å². The largest absolute Gasteiger partial charge is 0.386 e. The van der Waals surface area contributed by atoms with Gasteiger partial charge in [0.05, 0.1) is 11.2 Å². The van der Waals surface area contributed by atoms with Crippen molar-refractivity contribution in [2.75, 3.05) is 7.11 Å².